The van der Waals surface area contributed by atoms with Crippen LogP contribution in [0.4, 0.5) is 0 Å². The van der Waals surface area contributed by atoms with Gasteiger partial charge in [-0.15, -0.1) is 0 Å². The van der Waals surface area contributed by atoms with Gasteiger partial charge in [0.25, 0.3) is 0 Å². The summed E-state index contributed by atoms with van der Waals surface area (Å²) >= 11 is 0. The van der Waals surface area contributed by atoms with Crippen LogP contribution in [0.25, 0.3) is 0 Å². The molecule has 2 unspecified atom stereocenters. The molecule has 116 valence electrons. The van der Waals surface area contributed by atoms with Crippen molar-refractivity contribution in [1.82, 2.24) is 9.47 Å². The zero-order valence-corrected chi connectivity index (χ0v) is 13.7. The fourth-order valence-electron chi connectivity index (χ4n) is 4.73. The Hall–Kier alpha value is -0.800. The summed E-state index contributed by atoms with van der Waals surface area (Å²) in [5, 5.41) is 0. The lowest BCUT2D eigenvalue weighted by atomic mass is 9.74. The van der Waals surface area contributed by atoms with Crippen molar-refractivity contribution in [3.05, 3.63) is 23.0 Å². The molecule has 1 aliphatic heterocycles. The second-order valence-corrected chi connectivity index (χ2v) is 8.38. The van der Waals surface area contributed by atoms with E-state index in [1.165, 1.54) is 50.0 Å². The molecule has 0 bridgehead atoms. The summed E-state index contributed by atoms with van der Waals surface area (Å²) in [5.74, 6) is 0. The zero-order chi connectivity index (χ0) is 14.8. The summed E-state index contributed by atoms with van der Waals surface area (Å²) in [6.45, 7) is 9.55. The van der Waals surface area contributed by atoms with E-state index in [2.05, 4.69) is 36.3 Å². The maximum absolute atomic E-state index is 6.46. The molecule has 21 heavy (non-hydrogen) atoms. The maximum atomic E-state index is 6.46. The van der Waals surface area contributed by atoms with Crippen LogP contribution in [0.15, 0.2) is 6.07 Å². The van der Waals surface area contributed by atoms with Crippen molar-refractivity contribution < 1.29 is 0 Å². The van der Waals surface area contributed by atoms with Crippen molar-refractivity contribution in [2.75, 3.05) is 13.1 Å². The minimum atomic E-state index is 0.227. The Morgan fingerprint density at radius 2 is 1.95 bits per heavy atom. The van der Waals surface area contributed by atoms with E-state index in [9.17, 15) is 0 Å². The lowest BCUT2D eigenvalue weighted by Crippen LogP contribution is -2.31. The molecule has 2 heterocycles. The third-order valence-corrected chi connectivity index (χ3v) is 5.81. The van der Waals surface area contributed by atoms with Crippen LogP contribution < -0.4 is 5.73 Å². The van der Waals surface area contributed by atoms with Crippen LogP contribution >= 0.6 is 0 Å². The molecule has 3 aliphatic rings. The molecule has 3 heteroatoms. The predicted octanol–water partition coefficient (Wildman–Crippen LogP) is 3.18. The van der Waals surface area contributed by atoms with E-state index < -0.39 is 0 Å². The third-order valence-electron chi connectivity index (χ3n) is 5.81. The lowest BCUT2D eigenvalue weighted by Gasteiger charge is -2.35. The zero-order valence-electron chi connectivity index (χ0n) is 13.7. The smallest absolute Gasteiger partial charge is 0.0475 e. The minimum absolute atomic E-state index is 0.227. The Morgan fingerprint density at radius 1 is 1.19 bits per heavy atom. The molecule has 0 radical (unpaired) electrons. The first-order valence-corrected chi connectivity index (χ1v) is 8.65. The number of hydrogen-bond acceptors (Lipinski definition) is 2. The van der Waals surface area contributed by atoms with Crippen LogP contribution in [0.3, 0.4) is 0 Å². The lowest BCUT2D eigenvalue weighted by molar-refractivity contribution is 0.268. The highest BCUT2D eigenvalue weighted by atomic mass is 15.2. The summed E-state index contributed by atoms with van der Waals surface area (Å²) in [5.41, 5.74) is 11.2. The second kappa shape index (κ2) is 4.60. The SMILES string of the molecule is Cc1cc2c(n1C1CCN(C3CC3)C1)CC(C)(C)CC2N. The molecule has 2 atom stereocenters. The van der Waals surface area contributed by atoms with Gasteiger partial charge in [0, 0.05) is 42.6 Å². The quantitative estimate of drug-likeness (QED) is 0.906. The Balaban J connectivity index is 1.67. The summed E-state index contributed by atoms with van der Waals surface area (Å²) < 4.78 is 2.65. The third kappa shape index (κ3) is 2.35. The van der Waals surface area contributed by atoms with Crippen molar-refractivity contribution in [3.8, 4) is 0 Å². The molecule has 1 saturated carbocycles. The van der Waals surface area contributed by atoms with Gasteiger partial charge in [0.2, 0.25) is 0 Å². The standard InChI is InChI=1S/C18H29N3/c1-12-8-15-16(19)9-18(2,3)10-17(15)21(12)14-6-7-20(11-14)13-4-5-13/h8,13-14,16H,4-7,9-11,19H2,1-3H3. The predicted molar refractivity (Wildman–Crippen MR) is 86.4 cm³/mol. The van der Waals surface area contributed by atoms with Crippen LogP contribution in [0, 0.1) is 12.3 Å². The Bertz CT molecular complexity index is 553. The Labute approximate surface area is 128 Å². The van der Waals surface area contributed by atoms with Gasteiger partial charge in [-0.2, -0.15) is 0 Å². The normalized spacial score (nSPS) is 32.4. The Kier molecular flexibility index (Phi) is 3.03. The van der Waals surface area contributed by atoms with Crippen molar-refractivity contribution in [3.63, 3.8) is 0 Å². The fourth-order valence-corrected chi connectivity index (χ4v) is 4.73. The Morgan fingerprint density at radius 3 is 2.67 bits per heavy atom. The van der Waals surface area contributed by atoms with Crippen molar-refractivity contribution in [1.29, 1.82) is 0 Å². The molecule has 1 aromatic rings. The van der Waals surface area contributed by atoms with Gasteiger partial charge in [0.15, 0.2) is 0 Å². The number of nitrogens with zero attached hydrogens (tertiary/aromatic N) is 2. The molecule has 1 aromatic heterocycles. The van der Waals surface area contributed by atoms with Crippen LogP contribution in [-0.2, 0) is 6.42 Å². The van der Waals surface area contributed by atoms with E-state index in [0.29, 0.717) is 11.5 Å². The largest absolute Gasteiger partial charge is 0.344 e. The van der Waals surface area contributed by atoms with Crippen LogP contribution in [0.5, 0.6) is 0 Å². The first kappa shape index (κ1) is 13.8. The molecular formula is C18H29N3. The van der Waals surface area contributed by atoms with Crippen molar-refractivity contribution >= 4 is 0 Å². The van der Waals surface area contributed by atoms with E-state index in [1.54, 1.807) is 5.69 Å². The van der Waals surface area contributed by atoms with E-state index in [0.717, 1.165) is 12.5 Å². The van der Waals surface area contributed by atoms with Gasteiger partial charge in [-0.25, -0.2) is 0 Å². The summed E-state index contributed by atoms with van der Waals surface area (Å²) in [4.78, 5) is 2.71. The molecule has 2 N–H and O–H groups in total. The van der Waals surface area contributed by atoms with Gasteiger partial charge < -0.3 is 10.3 Å². The molecule has 0 aromatic carbocycles. The van der Waals surface area contributed by atoms with Crippen LogP contribution in [-0.4, -0.2) is 28.6 Å². The summed E-state index contributed by atoms with van der Waals surface area (Å²) in [6, 6.07) is 4.18. The van der Waals surface area contributed by atoms with Gasteiger partial charge in [-0.05, 0) is 56.1 Å². The number of aromatic nitrogens is 1. The van der Waals surface area contributed by atoms with Gasteiger partial charge in [0.05, 0.1) is 0 Å². The van der Waals surface area contributed by atoms with Gasteiger partial charge in [0.1, 0.15) is 0 Å². The first-order valence-electron chi connectivity index (χ1n) is 8.65. The van der Waals surface area contributed by atoms with Gasteiger partial charge in [-0.1, -0.05) is 13.8 Å². The summed E-state index contributed by atoms with van der Waals surface area (Å²) in [6.07, 6.45) is 6.46. The van der Waals surface area contributed by atoms with Gasteiger partial charge in [-0.3, -0.25) is 4.90 Å². The monoisotopic (exact) mass is 287 g/mol. The highest BCUT2D eigenvalue weighted by Gasteiger charge is 2.38. The number of hydrogen-bond donors (Lipinski definition) is 1. The van der Waals surface area contributed by atoms with Crippen molar-refractivity contribution in [2.45, 2.75) is 71.0 Å². The first-order chi connectivity index (χ1) is 9.94. The number of likely N-dealkylation sites (tertiary alicyclic amines) is 1. The van der Waals surface area contributed by atoms with Crippen LogP contribution in [0.1, 0.15) is 68.6 Å². The van der Waals surface area contributed by atoms with Crippen molar-refractivity contribution in [2.24, 2.45) is 11.1 Å². The number of nitrogens with two attached hydrogens (primary N) is 1. The molecule has 0 amide bonds. The van der Waals surface area contributed by atoms with Gasteiger partial charge >= 0.3 is 0 Å². The molecule has 0 spiro atoms. The molecule has 2 aliphatic carbocycles. The average molecular weight is 287 g/mol. The highest BCUT2D eigenvalue weighted by Crippen LogP contribution is 2.43. The molecule has 3 nitrogen and oxygen atoms in total. The van der Waals surface area contributed by atoms with E-state index in [4.69, 9.17) is 5.73 Å². The van der Waals surface area contributed by atoms with E-state index in [1.807, 2.05) is 0 Å². The van der Waals surface area contributed by atoms with E-state index in [-0.39, 0.29) is 6.04 Å². The van der Waals surface area contributed by atoms with Crippen LogP contribution in [0.2, 0.25) is 0 Å². The minimum Gasteiger partial charge on any atom is -0.344 e. The highest BCUT2D eigenvalue weighted by molar-refractivity contribution is 5.35. The molecular weight excluding hydrogens is 258 g/mol. The fraction of sp³-hybridized carbons (Fsp3) is 0.778. The molecule has 1 saturated heterocycles. The number of aryl methyl sites for hydroxylation is 1. The molecule has 2 fully saturated rings. The average Bonchev–Trinajstić information content (AvgIpc) is 3.03. The second-order valence-electron chi connectivity index (χ2n) is 8.38. The number of fused-ring (bicyclic) bond motifs is 1. The summed E-state index contributed by atoms with van der Waals surface area (Å²) in [7, 11) is 0. The maximum Gasteiger partial charge on any atom is 0.0475 e. The number of rotatable bonds is 2. The molecule has 4 rings (SSSR count). The topological polar surface area (TPSA) is 34.2 Å². The van der Waals surface area contributed by atoms with E-state index >= 15 is 0 Å².